The van der Waals surface area contributed by atoms with Gasteiger partial charge in [-0.25, -0.2) is 0 Å². The summed E-state index contributed by atoms with van der Waals surface area (Å²) in [6.45, 7) is 2.54. The highest BCUT2D eigenvalue weighted by Gasteiger charge is 2.34. The predicted molar refractivity (Wildman–Crippen MR) is 117 cm³/mol. The van der Waals surface area contributed by atoms with Gasteiger partial charge >= 0.3 is 0 Å². The predicted octanol–water partition coefficient (Wildman–Crippen LogP) is 0.730. The van der Waals surface area contributed by atoms with Crippen LogP contribution in [0.3, 0.4) is 0 Å². The molecular weight excluding hydrogens is 396 g/mol. The number of hydrogen-bond acceptors (Lipinski definition) is 5. The number of ether oxygens (including phenoxy) is 1. The lowest BCUT2D eigenvalue weighted by Gasteiger charge is -2.15. The summed E-state index contributed by atoms with van der Waals surface area (Å²) in [6, 6.07) is 7.31. The summed E-state index contributed by atoms with van der Waals surface area (Å²) in [5.74, 6) is 0.462. The average Bonchev–Trinajstić information content (AvgIpc) is 2.93. The van der Waals surface area contributed by atoms with Gasteiger partial charge in [0.1, 0.15) is 5.75 Å². The number of quaternary nitrogens is 1. The van der Waals surface area contributed by atoms with Crippen molar-refractivity contribution < 1.29 is 19.2 Å². The molecular formula is C19H27N4O3S2+. The van der Waals surface area contributed by atoms with Gasteiger partial charge in [0.05, 0.1) is 32.7 Å². The van der Waals surface area contributed by atoms with E-state index in [2.05, 4.69) is 24.7 Å². The number of hydrogen-bond donors (Lipinski definition) is 3. The smallest absolute Gasteiger partial charge is 0.293 e. The Kier molecular flexibility index (Phi) is 8.75. The molecule has 2 rings (SSSR count). The lowest BCUT2D eigenvalue weighted by Crippen LogP contribution is -3.05. The van der Waals surface area contributed by atoms with Crippen molar-refractivity contribution in [2.75, 3.05) is 47.4 Å². The number of nitrogens with zero attached hydrogens (tertiary/aromatic N) is 1. The van der Waals surface area contributed by atoms with Crippen LogP contribution in [0, 0.1) is 0 Å². The molecule has 2 amide bonds. The number of thioether (sulfide) groups is 1. The van der Waals surface area contributed by atoms with Crippen molar-refractivity contribution in [3.05, 3.63) is 34.7 Å². The molecule has 28 heavy (non-hydrogen) atoms. The zero-order chi connectivity index (χ0) is 20.5. The second-order valence-corrected chi connectivity index (χ2v) is 8.00. The van der Waals surface area contributed by atoms with Crippen LogP contribution in [0.4, 0.5) is 4.79 Å². The minimum Gasteiger partial charge on any atom is -0.497 e. The van der Waals surface area contributed by atoms with E-state index in [1.165, 1.54) is 9.80 Å². The third-order valence-electron chi connectivity index (χ3n) is 4.05. The van der Waals surface area contributed by atoms with E-state index in [9.17, 15) is 9.59 Å². The molecule has 0 atom stereocenters. The highest BCUT2D eigenvalue weighted by molar-refractivity contribution is 8.18. The Morgan fingerprint density at radius 2 is 1.89 bits per heavy atom. The Bertz CT molecular complexity index is 735. The van der Waals surface area contributed by atoms with Crippen molar-refractivity contribution in [1.29, 1.82) is 0 Å². The van der Waals surface area contributed by atoms with Crippen LogP contribution in [0.2, 0.25) is 0 Å². The van der Waals surface area contributed by atoms with Crippen molar-refractivity contribution in [2.45, 2.75) is 6.42 Å². The Balaban J connectivity index is 1.79. The first-order chi connectivity index (χ1) is 13.4. The van der Waals surface area contributed by atoms with Gasteiger partial charge in [-0.15, -0.1) is 0 Å². The van der Waals surface area contributed by atoms with Crippen LogP contribution >= 0.6 is 24.0 Å². The van der Waals surface area contributed by atoms with Gasteiger partial charge < -0.3 is 20.3 Å². The summed E-state index contributed by atoms with van der Waals surface area (Å²) < 4.78 is 5.12. The summed E-state index contributed by atoms with van der Waals surface area (Å²) >= 11 is 6.17. The topological polar surface area (TPSA) is 75.1 Å². The summed E-state index contributed by atoms with van der Waals surface area (Å²) in [4.78, 5) is 27.7. The lowest BCUT2D eigenvalue weighted by molar-refractivity contribution is -0.858. The van der Waals surface area contributed by atoms with E-state index in [-0.39, 0.29) is 17.7 Å². The van der Waals surface area contributed by atoms with E-state index < -0.39 is 0 Å². The lowest BCUT2D eigenvalue weighted by atomic mass is 10.2. The molecule has 0 spiro atoms. The molecule has 0 unspecified atom stereocenters. The number of carbonyl (C=O) groups is 2. The fraction of sp³-hybridized carbons (Fsp3) is 0.421. The molecule has 1 aromatic carbocycles. The van der Waals surface area contributed by atoms with Crippen LogP contribution < -0.4 is 20.3 Å². The average molecular weight is 424 g/mol. The molecule has 9 heteroatoms. The Labute approximate surface area is 175 Å². The molecule has 0 bridgehead atoms. The maximum absolute atomic E-state index is 12.5. The van der Waals surface area contributed by atoms with Gasteiger partial charge in [-0.1, -0.05) is 12.1 Å². The minimum absolute atomic E-state index is 0.264. The molecule has 7 nitrogen and oxygen atoms in total. The number of imide groups is 1. The number of amides is 2. The van der Waals surface area contributed by atoms with Crippen molar-refractivity contribution in [3.63, 3.8) is 0 Å². The highest BCUT2D eigenvalue weighted by atomic mass is 32.2. The van der Waals surface area contributed by atoms with Crippen LogP contribution in [0.15, 0.2) is 29.2 Å². The zero-order valence-corrected chi connectivity index (χ0v) is 18.0. The molecule has 1 fully saturated rings. The highest BCUT2D eigenvalue weighted by Crippen LogP contribution is 2.32. The number of rotatable bonds is 9. The van der Waals surface area contributed by atoms with Crippen LogP contribution in [-0.2, 0) is 4.79 Å². The molecule has 1 aliphatic rings. The van der Waals surface area contributed by atoms with E-state index in [0.717, 1.165) is 42.6 Å². The van der Waals surface area contributed by atoms with E-state index >= 15 is 0 Å². The second-order valence-electron chi connectivity index (χ2n) is 6.60. The zero-order valence-electron chi connectivity index (χ0n) is 16.4. The van der Waals surface area contributed by atoms with Gasteiger partial charge in [0.25, 0.3) is 11.1 Å². The number of methoxy groups -OCH3 is 1. The first-order valence-corrected chi connectivity index (χ1v) is 10.3. The van der Waals surface area contributed by atoms with Crippen LogP contribution in [-0.4, -0.2) is 68.5 Å². The molecule has 3 N–H and O–H groups in total. The van der Waals surface area contributed by atoms with E-state index in [0.29, 0.717) is 16.6 Å². The molecule has 0 radical (unpaired) electrons. The number of carbonyl (C=O) groups excluding carboxylic acids is 2. The van der Waals surface area contributed by atoms with Crippen LogP contribution in [0.25, 0.3) is 6.08 Å². The number of nitrogens with one attached hydrogen (secondary N) is 3. The quantitative estimate of drug-likeness (QED) is 0.307. The molecule has 0 saturated carbocycles. The van der Waals surface area contributed by atoms with Crippen molar-refractivity contribution in [3.8, 4) is 5.75 Å². The molecule has 1 heterocycles. The fourth-order valence-corrected chi connectivity index (χ4v) is 3.60. The van der Waals surface area contributed by atoms with E-state index in [4.69, 9.17) is 17.0 Å². The third kappa shape index (κ3) is 6.81. The van der Waals surface area contributed by atoms with Crippen LogP contribution in [0.1, 0.15) is 12.0 Å². The van der Waals surface area contributed by atoms with Gasteiger partial charge in [-0.05, 0) is 47.8 Å². The largest absolute Gasteiger partial charge is 0.497 e. The minimum atomic E-state index is -0.277. The third-order valence-corrected chi connectivity index (χ3v) is 5.24. The first kappa shape index (κ1) is 22.2. The summed E-state index contributed by atoms with van der Waals surface area (Å²) in [7, 11) is 5.81. The van der Waals surface area contributed by atoms with Crippen molar-refractivity contribution in [1.82, 2.24) is 15.5 Å². The van der Waals surface area contributed by atoms with E-state index in [1.54, 1.807) is 13.2 Å². The molecule has 1 aliphatic heterocycles. The maximum atomic E-state index is 12.5. The Morgan fingerprint density at radius 3 is 2.54 bits per heavy atom. The molecule has 0 aliphatic carbocycles. The van der Waals surface area contributed by atoms with Gasteiger partial charge in [0, 0.05) is 26.1 Å². The molecule has 1 saturated heterocycles. The molecule has 152 valence electrons. The van der Waals surface area contributed by atoms with Gasteiger partial charge in [-0.3, -0.25) is 14.5 Å². The second kappa shape index (κ2) is 11.0. The normalized spacial score (nSPS) is 15.4. The van der Waals surface area contributed by atoms with E-state index in [1.807, 2.05) is 24.3 Å². The monoisotopic (exact) mass is 423 g/mol. The summed E-state index contributed by atoms with van der Waals surface area (Å²) in [6.07, 6.45) is 2.74. The summed E-state index contributed by atoms with van der Waals surface area (Å²) in [5.41, 5.74) is 0.842. The van der Waals surface area contributed by atoms with Crippen molar-refractivity contribution in [2.24, 2.45) is 0 Å². The van der Waals surface area contributed by atoms with Gasteiger partial charge in [0.2, 0.25) is 0 Å². The number of benzene rings is 1. The first-order valence-electron chi connectivity index (χ1n) is 9.11. The van der Waals surface area contributed by atoms with Crippen molar-refractivity contribution >= 4 is 46.3 Å². The number of thiocarbonyl (C=S) groups is 1. The maximum Gasteiger partial charge on any atom is 0.293 e. The SMILES string of the molecule is COc1ccc(/C=C2\SC(=O)N(CCNC(=S)NCCC[NH+](C)C)C2=O)cc1. The molecule has 1 aromatic rings. The van der Waals surface area contributed by atoms with Gasteiger partial charge in [-0.2, -0.15) is 0 Å². The Hall–Kier alpha value is -2.10. The standard InChI is InChI=1S/C19H26N4O3S2/c1-22(2)11-4-9-20-18(27)21-10-12-23-17(24)16(28-19(23)25)13-14-5-7-15(26-3)8-6-14/h5-8,13H,4,9-12H2,1-3H3,(H2,20,21,27)/p+1/b16-13-. The fourth-order valence-electron chi connectivity index (χ4n) is 2.53. The van der Waals surface area contributed by atoms with Gasteiger partial charge in [0.15, 0.2) is 5.11 Å². The van der Waals surface area contributed by atoms with Crippen LogP contribution in [0.5, 0.6) is 5.75 Å². The summed E-state index contributed by atoms with van der Waals surface area (Å²) in [5, 5.41) is 6.44. The molecule has 0 aromatic heterocycles. The Morgan fingerprint density at radius 1 is 1.21 bits per heavy atom.